The molecule has 7 nitrogen and oxygen atoms in total. The maximum absolute atomic E-state index is 12.8. The van der Waals surface area contributed by atoms with Gasteiger partial charge in [-0.1, -0.05) is 35.9 Å². The van der Waals surface area contributed by atoms with Crippen LogP contribution < -0.4 is 10.2 Å². The molecule has 1 saturated heterocycles. The first-order valence-electron chi connectivity index (χ1n) is 11.0. The average Bonchev–Trinajstić information content (AvgIpc) is 3.14. The number of para-hydroxylation sites is 1. The third-order valence-corrected chi connectivity index (χ3v) is 5.57. The van der Waals surface area contributed by atoms with Gasteiger partial charge in [-0.15, -0.1) is 0 Å². The molecule has 0 unspecified atom stereocenters. The molecule has 2 aromatic carbocycles. The van der Waals surface area contributed by atoms with Gasteiger partial charge >= 0.3 is 0 Å². The highest BCUT2D eigenvalue weighted by Crippen LogP contribution is 2.23. The lowest BCUT2D eigenvalue weighted by molar-refractivity contribution is -0.117. The molecule has 1 amide bonds. The Hall–Kier alpha value is -3.16. The summed E-state index contributed by atoms with van der Waals surface area (Å²) in [4.78, 5) is 17.2. The van der Waals surface area contributed by atoms with Crippen molar-refractivity contribution in [1.29, 1.82) is 0 Å². The quantitative estimate of drug-likeness (QED) is 0.619. The highest BCUT2D eigenvalue weighted by molar-refractivity contribution is 5.91. The number of hydrogen-bond acceptors (Lipinski definition) is 5. The van der Waals surface area contributed by atoms with Crippen LogP contribution in [0.1, 0.15) is 16.8 Å². The smallest absolute Gasteiger partial charge is 0.239 e. The molecule has 1 N–H and O–H groups in total. The van der Waals surface area contributed by atoms with E-state index in [0.29, 0.717) is 12.4 Å². The maximum Gasteiger partial charge on any atom is 0.239 e. The second-order valence-electron chi connectivity index (χ2n) is 8.37. The molecule has 3 aromatic rings. The summed E-state index contributed by atoms with van der Waals surface area (Å²) in [6.07, 6.45) is 0. The normalized spacial score (nSPS) is 14.1. The second kappa shape index (κ2) is 9.97. The number of aryl methyl sites for hydroxylation is 2. The molecule has 2 heterocycles. The molecule has 1 fully saturated rings. The van der Waals surface area contributed by atoms with Crippen molar-refractivity contribution in [1.82, 2.24) is 14.7 Å². The van der Waals surface area contributed by atoms with Crippen LogP contribution in [0.25, 0.3) is 5.69 Å². The van der Waals surface area contributed by atoms with Crippen LogP contribution in [-0.4, -0.2) is 60.5 Å². The molecule has 168 valence electrons. The van der Waals surface area contributed by atoms with Crippen LogP contribution in [0.3, 0.4) is 0 Å². The summed E-state index contributed by atoms with van der Waals surface area (Å²) in [5, 5.41) is 7.58. The minimum Gasteiger partial charge on any atom is -0.378 e. The predicted molar refractivity (Wildman–Crippen MR) is 127 cm³/mol. The van der Waals surface area contributed by atoms with E-state index in [0.717, 1.165) is 37.7 Å². The Kier molecular flexibility index (Phi) is 6.87. The number of likely N-dealkylation sites (N-methyl/N-ethyl adjacent to an activating group) is 1. The number of amides is 1. The van der Waals surface area contributed by atoms with Gasteiger partial charge in [0, 0.05) is 31.4 Å². The van der Waals surface area contributed by atoms with Crippen LogP contribution in [0.2, 0.25) is 0 Å². The highest BCUT2D eigenvalue weighted by Gasteiger charge is 2.17. The molecule has 0 spiro atoms. The van der Waals surface area contributed by atoms with Gasteiger partial charge in [0.25, 0.3) is 0 Å². The SMILES string of the molecule is Cc1ccc(-n2nc(C)cc2NC(=O)CN(C)Cc2ccccc2N2CCOCC2)cc1. The number of nitrogens with zero attached hydrogens (tertiary/aromatic N) is 4. The standard InChI is InChI=1S/C25H31N5O2/c1-19-8-10-22(11-9-19)30-24(16-20(2)27-30)26-25(31)18-28(3)17-21-6-4-5-7-23(21)29-12-14-32-15-13-29/h4-11,16H,12-15,17-18H2,1-3H3,(H,26,31). The Balaban J connectivity index is 1.41. The zero-order chi connectivity index (χ0) is 22.5. The van der Waals surface area contributed by atoms with Gasteiger partial charge < -0.3 is 15.0 Å². The van der Waals surface area contributed by atoms with Gasteiger partial charge in [0.15, 0.2) is 0 Å². The summed E-state index contributed by atoms with van der Waals surface area (Å²) in [6.45, 7) is 8.24. The summed E-state index contributed by atoms with van der Waals surface area (Å²) in [6, 6.07) is 18.4. The second-order valence-corrected chi connectivity index (χ2v) is 8.37. The first kappa shape index (κ1) is 22.0. The zero-order valence-corrected chi connectivity index (χ0v) is 19.0. The van der Waals surface area contributed by atoms with Crippen molar-refractivity contribution in [3.8, 4) is 5.69 Å². The Morgan fingerprint density at radius 2 is 1.81 bits per heavy atom. The number of nitrogens with one attached hydrogen (secondary N) is 1. The van der Waals surface area contributed by atoms with E-state index in [-0.39, 0.29) is 12.5 Å². The monoisotopic (exact) mass is 433 g/mol. The number of rotatable bonds is 7. The van der Waals surface area contributed by atoms with Crippen LogP contribution in [0.4, 0.5) is 11.5 Å². The number of morpholine rings is 1. The van der Waals surface area contributed by atoms with Gasteiger partial charge in [-0.25, -0.2) is 4.68 Å². The number of ether oxygens (including phenoxy) is 1. The van der Waals surface area contributed by atoms with Crippen LogP contribution >= 0.6 is 0 Å². The van der Waals surface area contributed by atoms with E-state index in [1.807, 2.05) is 56.1 Å². The van der Waals surface area contributed by atoms with E-state index in [1.54, 1.807) is 4.68 Å². The fraction of sp³-hybridized carbons (Fsp3) is 0.360. The number of carbonyl (C=O) groups excluding carboxylic acids is 1. The summed E-state index contributed by atoms with van der Waals surface area (Å²) in [5.74, 6) is 0.614. The fourth-order valence-corrected chi connectivity index (χ4v) is 4.00. The molecule has 0 atom stereocenters. The van der Waals surface area contributed by atoms with E-state index in [9.17, 15) is 4.79 Å². The van der Waals surface area contributed by atoms with Crippen molar-refractivity contribution >= 4 is 17.4 Å². The zero-order valence-electron chi connectivity index (χ0n) is 19.0. The van der Waals surface area contributed by atoms with Crippen molar-refractivity contribution in [2.75, 3.05) is 50.1 Å². The lowest BCUT2D eigenvalue weighted by Gasteiger charge is -2.31. The van der Waals surface area contributed by atoms with E-state index in [1.165, 1.54) is 16.8 Å². The van der Waals surface area contributed by atoms with E-state index >= 15 is 0 Å². The third kappa shape index (κ3) is 5.36. The maximum atomic E-state index is 12.8. The molecule has 32 heavy (non-hydrogen) atoms. The molecule has 1 aromatic heterocycles. The average molecular weight is 434 g/mol. The Labute approximate surface area is 189 Å². The van der Waals surface area contributed by atoms with Crippen molar-refractivity contribution in [3.63, 3.8) is 0 Å². The lowest BCUT2D eigenvalue weighted by atomic mass is 10.1. The van der Waals surface area contributed by atoms with E-state index in [2.05, 4.69) is 39.6 Å². The van der Waals surface area contributed by atoms with Crippen molar-refractivity contribution in [3.05, 3.63) is 71.4 Å². The Morgan fingerprint density at radius 1 is 1.09 bits per heavy atom. The molecule has 1 aliphatic rings. The number of carbonyl (C=O) groups is 1. The van der Waals surface area contributed by atoms with Gasteiger partial charge in [-0.05, 0) is 44.7 Å². The number of aromatic nitrogens is 2. The van der Waals surface area contributed by atoms with E-state index < -0.39 is 0 Å². The molecule has 0 saturated carbocycles. The van der Waals surface area contributed by atoms with Crippen molar-refractivity contribution in [2.45, 2.75) is 20.4 Å². The molecular weight excluding hydrogens is 402 g/mol. The number of anilines is 2. The molecule has 1 aliphatic heterocycles. The number of benzene rings is 2. The molecule has 4 rings (SSSR count). The molecule has 0 aliphatic carbocycles. The van der Waals surface area contributed by atoms with Gasteiger partial charge in [0.05, 0.1) is 31.1 Å². The Morgan fingerprint density at radius 3 is 2.56 bits per heavy atom. The first-order valence-corrected chi connectivity index (χ1v) is 11.0. The summed E-state index contributed by atoms with van der Waals surface area (Å²) in [5.41, 5.74) is 5.39. The third-order valence-electron chi connectivity index (χ3n) is 5.57. The van der Waals surface area contributed by atoms with E-state index in [4.69, 9.17) is 4.74 Å². The van der Waals surface area contributed by atoms with Crippen LogP contribution in [0.5, 0.6) is 0 Å². The van der Waals surface area contributed by atoms with Gasteiger partial charge in [-0.2, -0.15) is 5.10 Å². The highest BCUT2D eigenvalue weighted by atomic mass is 16.5. The van der Waals surface area contributed by atoms with Crippen LogP contribution in [0, 0.1) is 13.8 Å². The molecule has 7 heteroatoms. The van der Waals surface area contributed by atoms with Crippen molar-refractivity contribution < 1.29 is 9.53 Å². The van der Waals surface area contributed by atoms with Gasteiger partial charge in [-0.3, -0.25) is 9.69 Å². The largest absolute Gasteiger partial charge is 0.378 e. The summed E-state index contributed by atoms with van der Waals surface area (Å²) < 4.78 is 7.27. The molecular formula is C25H31N5O2. The summed E-state index contributed by atoms with van der Waals surface area (Å²) >= 11 is 0. The lowest BCUT2D eigenvalue weighted by Crippen LogP contribution is -2.37. The predicted octanol–water partition coefficient (Wildman–Crippen LogP) is 3.40. The minimum atomic E-state index is -0.0652. The van der Waals surface area contributed by atoms with Crippen LogP contribution in [-0.2, 0) is 16.1 Å². The topological polar surface area (TPSA) is 62.6 Å². The minimum absolute atomic E-state index is 0.0652. The summed E-state index contributed by atoms with van der Waals surface area (Å²) in [7, 11) is 1.97. The van der Waals surface area contributed by atoms with Crippen LogP contribution in [0.15, 0.2) is 54.6 Å². The first-order chi connectivity index (χ1) is 15.5. The molecule has 0 radical (unpaired) electrons. The molecule has 0 bridgehead atoms. The van der Waals surface area contributed by atoms with Crippen molar-refractivity contribution in [2.24, 2.45) is 0 Å². The number of hydrogen-bond donors (Lipinski definition) is 1. The fourth-order valence-electron chi connectivity index (χ4n) is 4.00. The Bertz CT molecular complexity index is 1050. The van der Waals surface area contributed by atoms with Gasteiger partial charge in [0.1, 0.15) is 5.82 Å². The van der Waals surface area contributed by atoms with Gasteiger partial charge in [0.2, 0.25) is 5.91 Å².